The van der Waals surface area contributed by atoms with Crippen molar-refractivity contribution in [1.29, 1.82) is 0 Å². The van der Waals surface area contributed by atoms with E-state index in [4.69, 9.17) is 10.5 Å². The molecule has 0 aliphatic carbocycles. The van der Waals surface area contributed by atoms with E-state index in [0.29, 0.717) is 6.54 Å². The van der Waals surface area contributed by atoms with Crippen molar-refractivity contribution in [3.05, 3.63) is 58.7 Å². The Hall–Kier alpha value is -1.80. The maximum atomic E-state index is 6.06. The number of para-hydroxylation sites is 1. The molecule has 0 saturated carbocycles. The number of ether oxygens (including phenoxy) is 1. The highest BCUT2D eigenvalue weighted by atomic mass is 16.5. The maximum absolute atomic E-state index is 6.06. The SMILES string of the molecule is Cc1cccc(Oc2c(C)cccc2CN)c1C. The fourth-order valence-electron chi connectivity index (χ4n) is 1.96. The molecule has 2 nitrogen and oxygen atoms in total. The van der Waals surface area contributed by atoms with Crippen LogP contribution >= 0.6 is 0 Å². The first kappa shape index (κ1) is 12.7. The summed E-state index contributed by atoms with van der Waals surface area (Å²) in [7, 11) is 0. The van der Waals surface area contributed by atoms with Gasteiger partial charge >= 0.3 is 0 Å². The smallest absolute Gasteiger partial charge is 0.134 e. The lowest BCUT2D eigenvalue weighted by atomic mass is 10.1. The highest BCUT2D eigenvalue weighted by molar-refractivity contribution is 5.47. The molecule has 0 spiro atoms. The Morgan fingerprint density at radius 2 is 1.61 bits per heavy atom. The molecule has 0 aliphatic heterocycles. The van der Waals surface area contributed by atoms with E-state index in [1.165, 1.54) is 11.1 Å². The van der Waals surface area contributed by atoms with E-state index in [9.17, 15) is 0 Å². The van der Waals surface area contributed by atoms with E-state index >= 15 is 0 Å². The number of hydrogen-bond acceptors (Lipinski definition) is 2. The summed E-state index contributed by atoms with van der Waals surface area (Å²) >= 11 is 0. The molecule has 2 heteroatoms. The van der Waals surface area contributed by atoms with Crippen molar-refractivity contribution in [3.63, 3.8) is 0 Å². The van der Waals surface area contributed by atoms with Crippen molar-refractivity contribution in [2.45, 2.75) is 27.3 Å². The Morgan fingerprint density at radius 3 is 2.33 bits per heavy atom. The van der Waals surface area contributed by atoms with Gasteiger partial charge < -0.3 is 10.5 Å². The summed E-state index contributed by atoms with van der Waals surface area (Å²) in [6, 6.07) is 12.2. The van der Waals surface area contributed by atoms with Crippen LogP contribution in [0.4, 0.5) is 0 Å². The molecule has 18 heavy (non-hydrogen) atoms. The minimum atomic E-state index is 0.488. The summed E-state index contributed by atoms with van der Waals surface area (Å²) in [6.45, 7) is 6.69. The highest BCUT2D eigenvalue weighted by Gasteiger charge is 2.09. The van der Waals surface area contributed by atoms with E-state index in [1.807, 2.05) is 37.3 Å². The van der Waals surface area contributed by atoms with Gasteiger partial charge in [0.25, 0.3) is 0 Å². The van der Waals surface area contributed by atoms with Gasteiger partial charge in [0.15, 0.2) is 0 Å². The molecule has 0 heterocycles. The average molecular weight is 241 g/mol. The lowest BCUT2D eigenvalue weighted by molar-refractivity contribution is 0.468. The van der Waals surface area contributed by atoms with Crippen LogP contribution in [0.1, 0.15) is 22.3 Å². The summed E-state index contributed by atoms with van der Waals surface area (Å²) in [6.07, 6.45) is 0. The zero-order chi connectivity index (χ0) is 13.1. The lowest BCUT2D eigenvalue weighted by Crippen LogP contribution is -2.01. The van der Waals surface area contributed by atoms with E-state index in [1.54, 1.807) is 0 Å². The predicted octanol–water partition coefficient (Wildman–Crippen LogP) is 3.86. The second kappa shape index (κ2) is 5.23. The van der Waals surface area contributed by atoms with Gasteiger partial charge in [-0.25, -0.2) is 0 Å². The largest absolute Gasteiger partial charge is 0.456 e. The molecule has 0 bridgehead atoms. The van der Waals surface area contributed by atoms with Gasteiger partial charge in [0.2, 0.25) is 0 Å². The molecule has 2 N–H and O–H groups in total. The zero-order valence-corrected chi connectivity index (χ0v) is 11.2. The van der Waals surface area contributed by atoms with Crippen LogP contribution in [0.25, 0.3) is 0 Å². The first-order chi connectivity index (χ1) is 8.63. The maximum Gasteiger partial charge on any atom is 0.134 e. The van der Waals surface area contributed by atoms with Gasteiger partial charge in [-0.15, -0.1) is 0 Å². The molecular formula is C16H19NO. The molecule has 2 aromatic rings. The molecule has 0 aliphatic rings. The van der Waals surface area contributed by atoms with Crippen LogP contribution in [0.5, 0.6) is 11.5 Å². The third kappa shape index (κ3) is 2.39. The molecule has 0 fully saturated rings. The molecule has 0 atom stereocenters. The second-order valence-electron chi connectivity index (χ2n) is 4.57. The van der Waals surface area contributed by atoms with E-state index in [2.05, 4.69) is 19.9 Å². The zero-order valence-electron chi connectivity index (χ0n) is 11.2. The van der Waals surface area contributed by atoms with Gasteiger partial charge in [-0.05, 0) is 43.5 Å². The number of hydrogen-bond donors (Lipinski definition) is 1. The van der Waals surface area contributed by atoms with Crippen LogP contribution in [-0.2, 0) is 6.54 Å². The summed E-state index contributed by atoms with van der Waals surface area (Å²) in [5.41, 5.74) is 10.3. The summed E-state index contributed by atoms with van der Waals surface area (Å²) in [4.78, 5) is 0. The number of nitrogens with two attached hydrogens (primary N) is 1. The summed E-state index contributed by atoms with van der Waals surface area (Å²) in [5, 5.41) is 0. The van der Waals surface area contributed by atoms with Crippen LogP contribution in [0, 0.1) is 20.8 Å². The monoisotopic (exact) mass is 241 g/mol. The normalized spacial score (nSPS) is 10.4. The third-order valence-corrected chi connectivity index (χ3v) is 3.28. The predicted molar refractivity (Wildman–Crippen MR) is 75.1 cm³/mol. The molecule has 0 aromatic heterocycles. The van der Waals surface area contributed by atoms with Crippen molar-refractivity contribution >= 4 is 0 Å². The molecule has 0 saturated heterocycles. The molecule has 2 aromatic carbocycles. The molecule has 94 valence electrons. The molecule has 0 amide bonds. The van der Waals surface area contributed by atoms with Gasteiger partial charge in [-0.1, -0.05) is 30.3 Å². The van der Waals surface area contributed by atoms with E-state index < -0.39 is 0 Å². The van der Waals surface area contributed by atoms with Crippen LogP contribution in [-0.4, -0.2) is 0 Å². The fourth-order valence-corrected chi connectivity index (χ4v) is 1.96. The number of aryl methyl sites for hydroxylation is 2. The van der Waals surface area contributed by atoms with Crippen LogP contribution in [0.15, 0.2) is 36.4 Å². The van der Waals surface area contributed by atoms with Crippen molar-refractivity contribution in [2.24, 2.45) is 5.73 Å². The van der Waals surface area contributed by atoms with Gasteiger partial charge in [0.1, 0.15) is 11.5 Å². The van der Waals surface area contributed by atoms with Gasteiger partial charge in [0.05, 0.1) is 0 Å². The van der Waals surface area contributed by atoms with Gasteiger partial charge in [-0.3, -0.25) is 0 Å². The van der Waals surface area contributed by atoms with Crippen LogP contribution in [0.2, 0.25) is 0 Å². The summed E-state index contributed by atoms with van der Waals surface area (Å²) < 4.78 is 6.06. The average Bonchev–Trinajstić information content (AvgIpc) is 2.37. The lowest BCUT2D eigenvalue weighted by Gasteiger charge is -2.15. The van der Waals surface area contributed by atoms with Crippen LogP contribution < -0.4 is 10.5 Å². The quantitative estimate of drug-likeness (QED) is 0.885. The molecule has 0 unspecified atom stereocenters. The third-order valence-electron chi connectivity index (χ3n) is 3.28. The highest BCUT2D eigenvalue weighted by Crippen LogP contribution is 2.31. The first-order valence-electron chi connectivity index (χ1n) is 6.16. The number of benzene rings is 2. The standard InChI is InChI=1S/C16H19NO/c1-11-6-5-9-15(13(11)3)18-16-12(2)7-4-8-14(16)10-17/h4-9H,10,17H2,1-3H3. The second-order valence-corrected chi connectivity index (χ2v) is 4.57. The van der Waals surface area contributed by atoms with E-state index in [-0.39, 0.29) is 0 Å². The molecule has 0 radical (unpaired) electrons. The minimum absolute atomic E-state index is 0.488. The van der Waals surface area contributed by atoms with Gasteiger partial charge in [0, 0.05) is 12.1 Å². The Labute approximate surface area is 108 Å². The Balaban J connectivity index is 2.43. The van der Waals surface area contributed by atoms with Crippen molar-refractivity contribution in [2.75, 3.05) is 0 Å². The Kier molecular flexibility index (Phi) is 3.68. The van der Waals surface area contributed by atoms with Gasteiger partial charge in [-0.2, -0.15) is 0 Å². The Morgan fingerprint density at radius 1 is 0.944 bits per heavy atom. The molecular weight excluding hydrogens is 222 g/mol. The van der Waals surface area contributed by atoms with Crippen LogP contribution in [0.3, 0.4) is 0 Å². The first-order valence-corrected chi connectivity index (χ1v) is 6.16. The van der Waals surface area contributed by atoms with E-state index in [0.717, 1.165) is 22.6 Å². The number of rotatable bonds is 3. The van der Waals surface area contributed by atoms with Crippen molar-refractivity contribution in [3.8, 4) is 11.5 Å². The minimum Gasteiger partial charge on any atom is -0.456 e. The van der Waals surface area contributed by atoms with Crippen molar-refractivity contribution in [1.82, 2.24) is 0 Å². The fraction of sp³-hybridized carbons (Fsp3) is 0.250. The van der Waals surface area contributed by atoms with Crippen molar-refractivity contribution < 1.29 is 4.74 Å². The summed E-state index contributed by atoms with van der Waals surface area (Å²) in [5.74, 6) is 1.78. The molecule has 2 rings (SSSR count). The Bertz CT molecular complexity index is 561. The topological polar surface area (TPSA) is 35.2 Å².